The van der Waals surface area contributed by atoms with Crippen molar-refractivity contribution in [3.05, 3.63) is 52.5 Å². The van der Waals surface area contributed by atoms with Gasteiger partial charge in [0.05, 0.1) is 7.11 Å². The summed E-state index contributed by atoms with van der Waals surface area (Å²) >= 11 is 3.55. The third kappa shape index (κ3) is 3.41. The van der Waals surface area contributed by atoms with Crippen LogP contribution in [-0.4, -0.2) is 14.2 Å². The van der Waals surface area contributed by atoms with Gasteiger partial charge in [0.15, 0.2) is 0 Å². The third-order valence-corrected chi connectivity index (χ3v) is 3.75. The van der Waals surface area contributed by atoms with Crippen molar-refractivity contribution >= 4 is 27.3 Å². The Bertz CT molecular complexity index is 572. The second-order valence-corrected chi connectivity index (χ2v) is 5.26. The summed E-state index contributed by atoms with van der Waals surface area (Å²) in [5.74, 6) is 0.857. The molecule has 0 radical (unpaired) electrons. The van der Waals surface area contributed by atoms with Crippen LogP contribution < -0.4 is 15.4 Å². The quantitative estimate of drug-likeness (QED) is 0.873. The van der Waals surface area contributed by atoms with E-state index in [1.807, 2.05) is 43.4 Å². The molecule has 0 unspecified atom stereocenters. The van der Waals surface area contributed by atoms with Crippen molar-refractivity contribution in [3.8, 4) is 5.75 Å². The number of hydrogen-bond donors (Lipinski definition) is 1. The molecule has 0 atom stereocenters. The number of methoxy groups -OCH3 is 1. The molecule has 100 valence electrons. The van der Waals surface area contributed by atoms with Crippen molar-refractivity contribution < 1.29 is 4.74 Å². The molecule has 0 amide bonds. The number of nitrogens with zero attached hydrogens (tertiary/aromatic N) is 1. The first-order valence-corrected chi connectivity index (χ1v) is 6.78. The van der Waals surface area contributed by atoms with Crippen molar-refractivity contribution in [2.24, 2.45) is 0 Å². The van der Waals surface area contributed by atoms with Gasteiger partial charge in [-0.15, -0.1) is 0 Å². The first-order chi connectivity index (χ1) is 9.10. The zero-order valence-corrected chi connectivity index (χ0v) is 12.6. The summed E-state index contributed by atoms with van der Waals surface area (Å²) < 4.78 is 6.31. The molecule has 4 heteroatoms. The monoisotopic (exact) mass is 320 g/mol. The maximum atomic E-state index is 5.83. The molecule has 0 fully saturated rings. The number of rotatable bonds is 4. The molecule has 0 bridgehead atoms. The molecule has 0 heterocycles. The molecule has 0 saturated carbocycles. The molecule has 2 aromatic carbocycles. The summed E-state index contributed by atoms with van der Waals surface area (Å²) in [6.45, 7) is 0.777. The molecule has 2 N–H and O–H groups in total. The van der Waals surface area contributed by atoms with Gasteiger partial charge in [-0.2, -0.15) is 0 Å². The lowest BCUT2D eigenvalue weighted by atomic mass is 10.2. The maximum Gasteiger partial charge on any atom is 0.120 e. The normalized spacial score (nSPS) is 10.3. The molecule has 3 nitrogen and oxygen atoms in total. The number of anilines is 2. The van der Waals surface area contributed by atoms with Crippen LogP contribution in [-0.2, 0) is 6.54 Å². The van der Waals surface area contributed by atoms with Gasteiger partial charge >= 0.3 is 0 Å². The standard InChI is InChI=1S/C15H17BrN2O/c1-18(13-4-3-5-14(9-13)19-2)10-11-8-12(17)6-7-15(11)16/h3-9H,10,17H2,1-2H3. The summed E-state index contributed by atoms with van der Waals surface area (Å²) in [4.78, 5) is 2.15. The van der Waals surface area contributed by atoms with Gasteiger partial charge in [-0.3, -0.25) is 0 Å². The molecule has 19 heavy (non-hydrogen) atoms. The zero-order chi connectivity index (χ0) is 13.8. The second kappa shape index (κ2) is 5.97. The number of nitrogens with two attached hydrogens (primary N) is 1. The average Bonchev–Trinajstić information content (AvgIpc) is 2.43. The van der Waals surface area contributed by atoms with Gasteiger partial charge in [0.25, 0.3) is 0 Å². The van der Waals surface area contributed by atoms with E-state index in [2.05, 4.69) is 26.9 Å². The van der Waals surface area contributed by atoms with E-state index in [0.29, 0.717) is 0 Å². The average molecular weight is 321 g/mol. The lowest BCUT2D eigenvalue weighted by Gasteiger charge is -2.21. The fraction of sp³-hybridized carbons (Fsp3) is 0.200. The predicted octanol–water partition coefficient (Wildman–Crippen LogP) is 3.68. The van der Waals surface area contributed by atoms with E-state index in [-0.39, 0.29) is 0 Å². The minimum atomic E-state index is 0.775. The molecule has 0 spiro atoms. The number of ether oxygens (including phenoxy) is 1. The van der Waals surface area contributed by atoms with Crippen LogP contribution in [0.25, 0.3) is 0 Å². The van der Waals surface area contributed by atoms with Crippen LogP contribution >= 0.6 is 15.9 Å². The largest absolute Gasteiger partial charge is 0.497 e. The van der Waals surface area contributed by atoms with Gasteiger partial charge in [0, 0.05) is 35.5 Å². The van der Waals surface area contributed by atoms with E-state index in [1.165, 1.54) is 0 Å². The number of hydrogen-bond acceptors (Lipinski definition) is 3. The van der Waals surface area contributed by atoms with Crippen molar-refractivity contribution in [1.29, 1.82) is 0 Å². The Morgan fingerprint density at radius 1 is 1.21 bits per heavy atom. The fourth-order valence-electron chi connectivity index (χ4n) is 1.91. The molecule has 0 aliphatic carbocycles. The van der Waals surface area contributed by atoms with E-state index in [4.69, 9.17) is 10.5 Å². The predicted molar refractivity (Wildman–Crippen MR) is 83.7 cm³/mol. The summed E-state index contributed by atoms with van der Waals surface area (Å²) in [7, 11) is 3.72. The molecule has 0 aliphatic heterocycles. The molecule has 2 rings (SSSR count). The van der Waals surface area contributed by atoms with Crippen LogP contribution in [0.4, 0.5) is 11.4 Å². The van der Waals surface area contributed by atoms with Gasteiger partial charge in [-0.25, -0.2) is 0 Å². The van der Waals surface area contributed by atoms with Crippen molar-refractivity contribution in [1.82, 2.24) is 0 Å². The first kappa shape index (κ1) is 13.7. The lowest BCUT2D eigenvalue weighted by Crippen LogP contribution is -2.16. The van der Waals surface area contributed by atoms with Gasteiger partial charge in [0.1, 0.15) is 5.75 Å². The molecule has 2 aromatic rings. The van der Waals surface area contributed by atoms with E-state index >= 15 is 0 Å². The highest BCUT2D eigenvalue weighted by Gasteiger charge is 2.06. The minimum Gasteiger partial charge on any atom is -0.497 e. The minimum absolute atomic E-state index is 0.775. The Labute approximate surface area is 122 Å². The van der Waals surface area contributed by atoms with E-state index in [0.717, 1.165) is 33.7 Å². The van der Waals surface area contributed by atoms with Crippen LogP contribution in [0, 0.1) is 0 Å². The Hall–Kier alpha value is -1.68. The number of halogens is 1. The smallest absolute Gasteiger partial charge is 0.120 e. The molecule has 0 aliphatic rings. The molecular weight excluding hydrogens is 304 g/mol. The Kier molecular flexibility index (Phi) is 4.32. The van der Waals surface area contributed by atoms with E-state index in [9.17, 15) is 0 Å². The highest BCUT2D eigenvalue weighted by Crippen LogP contribution is 2.25. The highest BCUT2D eigenvalue weighted by atomic mass is 79.9. The molecular formula is C15H17BrN2O. The summed E-state index contributed by atoms with van der Waals surface area (Å²) in [6, 6.07) is 13.8. The van der Waals surface area contributed by atoms with Crippen LogP contribution in [0.2, 0.25) is 0 Å². The van der Waals surface area contributed by atoms with Gasteiger partial charge in [0.2, 0.25) is 0 Å². The van der Waals surface area contributed by atoms with Crippen LogP contribution in [0.5, 0.6) is 5.75 Å². The number of nitrogen functional groups attached to an aromatic ring is 1. The SMILES string of the molecule is COc1cccc(N(C)Cc2cc(N)ccc2Br)c1. The summed E-state index contributed by atoms with van der Waals surface area (Å²) in [5.41, 5.74) is 8.87. The van der Waals surface area contributed by atoms with Crippen molar-refractivity contribution in [2.75, 3.05) is 24.8 Å². The fourth-order valence-corrected chi connectivity index (χ4v) is 2.28. The van der Waals surface area contributed by atoms with Crippen LogP contribution in [0.1, 0.15) is 5.56 Å². The maximum absolute atomic E-state index is 5.83. The van der Waals surface area contributed by atoms with Gasteiger partial charge in [-0.1, -0.05) is 22.0 Å². The Morgan fingerprint density at radius 3 is 2.74 bits per heavy atom. The van der Waals surface area contributed by atoms with E-state index < -0.39 is 0 Å². The van der Waals surface area contributed by atoms with Crippen molar-refractivity contribution in [3.63, 3.8) is 0 Å². The summed E-state index contributed by atoms with van der Waals surface area (Å²) in [5, 5.41) is 0. The lowest BCUT2D eigenvalue weighted by molar-refractivity contribution is 0.415. The second-order valence-electron chi connectivity index (χ2n) is 4.41. The Balaban J connectivity index is 2.20. The molecule has 0 saturated heterocycles. The molecule has 0 aromatic heterocycles. The zero-order valence-electron chi connectivity index (χ0n) is 11.1. The van der Waals surface area contributed by atoms with Gasteiger partial charge in [-0.05, 0) is 35.9 Å². The Morgan fingerprint density at radius 2 is 2.00 bits per heavy atom. The van der Waals surface area contributed by atoms with Crippen LogP contribution in [0.15, 0.2) is 46.9 Å². The third-order valence-electron chi connectivity index (χ3n) is 2.97. The van der Waals surface area contributed by atoms with E-state index in [1.54, 1.807) is 7.11 Å². The first-order valence-electron chi connectivity index (χ1n) is 5.99. The highest BCUT2D eigenvalue weighted by molar-refractivity contribution is 9.10. The summed E-state index contributed by atoms with van der Waals surface area (Å²) in [6.07, 6.45) is 0. The topological polar surface area (TPSA) is 38.5 Å². The van der Waals surface area contributed by atoms with Gasteiger partial charge < -0.3 is 15.4 Å². The van der Waals surface area contributed by atoms with Crippen molar-refractivity contribution in [2.45, 2.75) is 6.54 Å². The number of benzene rings is 2. The van der Waals surface area contributed by atoms with Crippen LogP contribution in [0.3, 0.4) is 0 Å².